The number of anilines is 1. The maximum atomic E-state index is 13.2. The maximum absolute atomic E-state index is 13.2. The van der Waals surface area contributed by atoms with Crippen LogP contribution in [0.1, 0.15) is 24.1 Å². The second-order valence-corrected chi connectivity index (χ2v) is 10.6. The lowest BCUT2D eigenvalue weighted by atomic mass is 10.0. The predicted molar refractivity (Wildman–Crippen MR) is 134 cm³/mol. The van der Waals surface area contributed by atoms with E-state index in [9.17, 15) is 13.2 Å². The van der Waals surface area contributed by atoms with Crippen LogP contribution in [0.2, 0.25) is 5.02 Å². The van der Waals surface area contributed by atoms with Gasteiger partial charge in [-0.2, -0.15) is 0 Å². The first kappa shape index (κ1) is 23.0. The van der Waals surface area contributed by atoms with Crippen LogP contribution in [0.3, 0.4) is 0 Å². The summed E-state index contributed by atoms with van der Waals surface area (Å²) in [6.07, 6.45) is 1.15. The van der Waals surface area contributed by atoms with Gasteiger partial charge in [0.1, 0.15) is 5.82 Å². The van der Waals surface area contributed by atoms with E-state index in [2.05, 4.69) is 5.32 Å². The van der Waals surface area contributed by atoms with E-state index in [0.29, 0.717) is 27.4 Å². The van der Waals surface area contributed by atoms with E-state index in [1.165, 1.54) is 6.07 Å². The number of hydrogen-bond acceptors (Lipinski definition) is 5. The van der Waals surface area contributed by atoms with Crippen molar-refractivity contribution in [2.45, 2.75) is 24.8 Å². The molecule has 33 heavy (non-hydrogen) atoms. The highest BCUT2D eigenvalue weighted by atomic mass is 35.5. The summed E-state index contributed by atoms with van der Waals surface area (Å²) in [4.78, 5) is 18.2. The van der Waals surface area contributed by atoms with Gasteiger partial charge in [-0.1, -0.05) is 48.0 Å². The number of nitrogens with one attached hydrogen (secondary N) is 1. The fraction of sp³-hybridized carbons (Fsp3) is 0.200. The Balaban J connectivity index is 1.90. The number of nitrogens with zero attached hydrogens (tertiary/aromatic N) is 2. The van der Waals surface area contributed by atoms with Crippen molar-refractivity contribution in [1.29, 1.82) is 0 Å². The quantitative estimate of drug-likeness (QED) is 0.427. The number of aromatic nitrogens is 2. The fourth-order valence-corrected chi connectivity index (χ4v) is 5.07. The van der Waals surface area contributed by atoms with Crippen molar-refractivity contribution in [3.05, 3.63) is 87.2 Å². The van der Waals surface area contributed by atoms with Gasteiger partial charge in [0.05, 0.1) is 27.5 Å². The van der Waals surface area contributed by atoms with Crippen LogP contribution in [-0.4, -0.2) is 24.2 Å². The van der Waals surface area contributed by atoms with Crippen LogP contribution in [0.15, 0.2) is 70.4 Å². The summed E-state index contributed by atoms with van der Waals surface area (Å²) in [7, 11) is -1.79. The Morgan fingerprint density at radius 2 is 1.76 bits per heavy atom. The van der Waals surface area contributed by atoms with Gasteiger partial charge in [-0.15, -0.1) is 0 Å². The average Bonchev–Trinajstić information content (AvgIpc) is 2.77. The zero-order chi connectivity index (χ0) is 23.9. The SMILES string of the molecule is Cc1cc([C@@H](C)Nc2ccc(Cl)cc2S(C)(=O)=O)c2nc(-c3ccccc3)n(C)c(=O)c2c1. The van der Waals surface area contributed by atoms with Crippen molar-refractivity contribution in [2.75, 3.05) is 11.6 Å². The van der Waals surface area contributed by atoms with Gasteiger partial charge in [-0.3, -0.25) is 9.36 Å². The number of hydrogen-bond donors (Lipinski definition) is 1. The molecule has 0 fully saturated rings. The molecule has 0 amide bonds. The van der Waals surface area contributed by atoms with Crippen LogP contribution < -0.4 is 10.9 Å². The zero-order valence-electron chi connectivity index (χ0n) is 18.8. The molecule has 1 aromatic heterocycles. The van der Waals surface area contributed by atoms with Crippen LogP contribution in [0.5, 0.6) is 0 Å². The van der Waals surface area contributed by atoms with Crippen molar-refractivity contribution in [1.82, 2.24) is 9.55 Å². The molecule has 0 saturated heterocycles. The fourth-order valence-electron chi connectivity index (χ4n) is 3.96. The molecule has 1 heterocycles. The lowest BCUT2D eigenvalue weighted by Gasteiger charge is -2.21. The monoisotopic (exact) mass is 481 g/mol. The molecule has 0 aliphatic carbocycles. The average molecular weight is 482 g/mol. The van der Waals surface area contributed by atoms with Crippen LogP contribution in [0, 0.1) is 6.92 Å². The molecule has 170 valence electrons. The Morgan fingerprint density at radius 3 is 2.42 bits per heavy atom. The lowest BCUT2D eigenvalue weighted by Crippen LogP contribution is -2.22. The van der Waals surface area contributed by atoms with Crippen LogP contribution in [0.4, 0.5) is 5.69 Å². The molecule has 0 aliphatic heterocycles. The molecule has 0 radical (unpaired) electrons. The molecule has 4 aromatic rings. The van der Waals surface area contributed by atoms with Crippen molar-refractivity contribution in [3.63, 3.8) is 0 Å². The van der Waals surface area contributed by atoms with Crippen LogP contribution in [0.25, 0.3) is 22.3 Å². The normalized spacial score (nSPS) is 12.6. The number of fused-ring (bicyclic) bond motifs is 1. The van der Waals surface area contributed by atoms with Crippen molar-refractivity contribution >= 4 is 38.0 Å². The van der Waals surface area contributed by atoms with E-state index in [0.717, 1.165) is 22.9 Å². The Hall–Kier alpha value is -3.16. The first-order valence-corrected chi connectivity index (χ1v) is 12.7. The van der Waals surface area contributed by atoms with Crippen molar-refractivity contribution in [3.8, 4) is 11.4 Å². The van der Waals surface area contributed by atoms with E-state index in [4.69, 9.17) is 16.6 Å². The van der Waals surface area contributed by atoms with Crippen LogP contribution >= 0.6 is 11.6 Å². The molecule has 0 spiro atoms. The molecule has 0 saturated carbocycles. The third-order valence-electron chi connectivity index (χ3n) is 5.57. The standard InChI is InChI=1S/C25H24ClN3O3S/c1-15-12-19(16(2)27-21-11-10-18(26)14-22(21)33(4,31)32)23-20(13-15)25(30)29(3)24(28-23)17-8-6-5-7-9-17/h5-14,16,27H,1-4H3/t16-/m1/s1. The Morgan fingerprint density at radius 1 is 1.06 bits per heavy atom. The molecular weight excluding hydrogens is 458 g/mol. The zero-order valence-corrected chi connectivity index (χ0v) is 20.3. The first-order valence-electron chi connectivity index (χ1n) is 10.4. The molecular formula is C25H24ClN3O3S. The van der Waals surface area contributed by atoms with Gasteiger partial charge in [-0.25, -0.2) is 13.4 Å². The molecule has 1 N–H and O–H groups in total. The molecule has 8 heteroatoms. The highest BCUT2D eigenvalue weighted by Crippen LogP contribution is 2.31. The summed E-state index contributed by atoms with van der Waals surface area (Å²) in [6, 6.07) is 17.7. The van der Waals surface area contributed by atoms with Crippen LogP contribution in [-0.2, 0) is 16.9 Å². The molecule has 0 aliphatic rings. The first-order chi connectivity index (χ1) is 15.6. The third kappa shape index (κ3) is 4.51. The Bertz CT molecular complexity index is 1530. The van der Waals surface area contributed by atoms with Crippen molar-refractivity contribution < 1.29 is 8.42 Å². The van der Waals surface area contributed by atoms with E-state index in [-0.39, 0.29) is 16.5 Å². The summed E-state index contributed by atoms with van der Waals surface area (Å²) in [6.45, 7) is 3.83. The summed E-state index contributed by atoms with van der Waals surface area (Å²) >= 11 is 6.04. The summed E-state index contributed by atoms with van der Waals surface area (Å²) in [5.74, 6) is 0.564. The molecule has 1 atom stereocenters. The number of halogens is 1. The van der Waals surface area contributed by atoms with E-state index < -0.39 is 9.84 Å². The van der Waals surface area contributed by atoms with Gasteiger partial charge >= 0.3 is 0 Å². The van der Waals surface area contributed by atoms with Gasteiger partial charge in [0.2, 0.25) is 0 Å². The minimum absolute atomic E-state index is 0.118. The summed E-state index contributed by atoms with van der Waals surface area (Å²) in [5, 5.41) is 4.14. The van der Waals surface area contributed by atoms with Gasteiger partial charge in [0, 0.05) is 29.5 Å². The predicted octanol–water partition coefficient (Wildman–Crippen LogP) is 5.14. The van der Waals surface area contributed by atoms with Gasteiger partial charge in [0.15, 0.2) is 9.84 Å². The van der Waals surface area contributed by atoms with E-state index in [1.807, 2.05) is 56.3 Å². The number of aryl methyl sites for hydroxylation is 1. The van der Waals surface area contributed by atoms with Crippen molar-refractivity contribution in [2.24, 2.45) is 7.05 Å². The maximum Gasteiger partial charge on any atom is 0.261 e. The molecule has 0 unspecified atom stereocenters. The van der Waals surface area contributed by atoms with E-state index in [1.54, 1.807) is 23.7 Å². The number of benzene rings is 3. The molecule has 6 nitrogen and oxygen atoms in total. The topological polar surface area (TPSA) is 81.1 Å². The molecule has 3 aromatic carbocycles. The summed E-state index contributed by atoms with van der Waals surface area (Å²) in [5.41, 5.74) is 3.43. The highest BCUT2D eigenvalue weighted by Gasteiger charge is 2.20. The molecule has 0 bridgehead atoms. The highest BCUT2D eigenvalue weighted by molar-refractivity contribution is 7.90. The third-order valence-corrected chi connectivity index (χ3v) is 6.94. The summed E-state index contributed by atoms with van der Waals surface area (Å²) < 4.78 is 26.2. The second-order valence-electron chi connectivity index (χ2n) is 8.19. The largest absolute Gasteiger partial charge is 0.377 e. The number of rotatable bonds is 5. The minimum atomic E-state index is -3.51. The Kier molecular flexibility index (Phi) is 6.03. The lowest BCUT2D eigenvalue weighted by molar-refractivity contribution is 0.602. The smallest absolute Gasteiger partial charge is 0.261 e. The van der Waals surface area contributed by atoms with E-state index >= 15 is 0 Å². The molecule has 4 rings (SSSR count). The Labute approximate surface area is 197 Å². The van der Waals surface area contributed by atoms with Gasteiger partial charge in [0.25, 0.3) is 5.56 Å². The van der Waals surface area contributed by atoms with Gasteiger partial charge < -0.3 is 5.32 Å². The minimum Gasteiger partial charge on any atom is -0.377 e. The number of sulfone groups is 1. The van der Waals surface area contributed by atoms with Gasteiger partial charge in [-0.05, 0) is 43.7 Å². The second kappa shape index (κ2) is 8.65.